The van der Waals surface area contributed by atoms with E-state index < -0.39 is 6.04 Å². The van der Waals surface area contributed by atoms with E-state index >= 15 is 0 Å². The van der Waals surface area contributed by atoms with Gasteiger partial charge < -0.3 is 10.2 Å². The fraction of sp³-hybridized carbons (Fsp3) is 0.429. The smallest absolute Gasteiger partial charge is 0.250 e. The van der Waals surface area contributed by atoms with Crippen molar-refractivity contribution in [1.82, 2.24) is 5.32 Å². The zero-order valence-corrected chi connectivity index (χ0v) is 11.1. The number of benzene rings is 1. The van der Waals surface area contributed by atoms with Crippen molar-refractivity contribution in [2.45, 2.75) is 32.7 Å². The number of hydrogen-bond acceptors (Lipinski definition) is 2. The molecule has 1 N–H and O–H groups in total. The summed E-state index contributed by atoms with van der Waals surface area (Å²) >= 11 is 0. The number of aryl methyl sites for hydroxylation is 1. The van der Waals surface area contributed by atoms with Crippen LogP contribution in [0.4, 0.5) is 10.1 Å². The fourth-order valence-corrected chi connectivity index (χ4v) is 2.21. The monoisotopic (exact) mass is 264 g/mol. The summed E-state index contributed by atoms with van der Waals surface area (Å²) < 4.78 is 13.3. The van der Waals surface area contributed by atoms with Crippen LogP contribution in [0.25, 0.3) is 0 Å². The van der Waals surface area contributed by atoms with Crippen LogP contribution in [0.5, 0.6) is 0 Å². The summed E-state index contributed by atoms with van der Waals surface area (Å²) in [6.07, 6.45) is 1.42. The van der Waals surface area contributed by atoms with Crippen molar-refractivity contribution >= 4 is 17.5 Å². The minimum atomic E-state index is -0.475. The third kappa shape index (κ3) is 2.75. The first-order valence-corrected chi connectivity index (χ1v) is 6.39. The Morgan fingerprint density at radius 1 is 1.42 bits per heavy atom. The number of nitrogens with one attached hydrogen (secondary N) is 1. The SMILES string of the molecule is CCCC1NC(=O)CN(c2ccc(F)c(C)c2)C1=O. The van der Waals surface area contributed by atoms with Crippen molar-refractivity contribution in [3.63, 3.8) is 0 Å². The van der Waals surface area contributed by atoms with Crippen LogP contribution >= 0.6 is 0 Å². The quantitative estimate of drug-likeness (QED) is 0.904. The molecule has 0 radical (unpaired) electrons. The zero-order chi connectivity index (χ0) is 14.0. The van der Waals surface area contributed by atoms with Crippen LogP contribution in [0.3, 0.4) is 0 Å². The van der Waals surface area contributed by atoms with E-state index in [2.05, 4.69) is 5.32 Å². The maximum atomic E-state index is 13.3. The lowest BCUT2D eigenvalue weighted by Crippen LogP contribution is -2.58. The molecule has 1 aliphatic rings. The largest absolute Gasteiger partial charge is 0.343 e. The molecule has 1 aromatic carbocycles. The van der Waals surface area contributed by atoms with Gasteiger partial charge in [0, 0.05) is 5.69 Å². The lowest BCUT2D eigenvalue weighted by atomic mass is 10.1. The van der Waals surface area contributed by atoms with E-state index in [-0.39, 0.29) is 24.2 Å². The number of halogens is 1. The van der Waals surface area contributed by atoms with Gasteiger partial charge in [0.2, 0.25) is 11.8 Å². The van der Waals surface area contributed by atoms with Gasteiger partial charge in [0.05, 0.1) is 0 Å². The van der Waals surface area contributed by atoms with E-state index in [1.54, 1.807) is 13.0 Å². The molecule has 1 aromatic rings. The first-order chi connectivity index (χ1) is 9.02. The molecule has 1 aliphatic heterocycles. The van der Waals surface area contributed by atoms with Gasteiger partial charge in [-0.3, -0.25) is 9.59 Å². The minimum absolute atomic E-state index is 0.00980. The molecule has 0 bridgehead atoms. The molecule has 1 unspecified atom stereocenters. The van der Waals surface area contributed by atoms with Crippen LogP contribution in [-0.4, -0.2) is 24.4 Å². The summed E-state index contributed by atoms with van der Waals surface area (Å²) in [5.74, 6) is -0.629. The average Bonchev–Trinajstić information content (AvgIpc) is 2.37. The van der Waals surface area contributed by atoms with Crippen LogP contribution in [0.1, 0.15) is 25.3 Å². The minimum Gasteiger partial charge on any atom is -0.343 e. The molecule has 2 rings (SSSR count). The van der Waals surface area contributed by atoms with Gasteiger partial charge in [-0.05, 0) is 37.1 Å². The highest BCUT2D eigenvalue weighted by Gasteiger charge is 2.32. The molecule has 5 heteroatoms. The van der Waals surface area contributed by atoms with Crippen molar-refractivity contribution in [3.05, 3.63) is 29.6 Å². The van der Waals surface area contributed by atoms with E-state index in [9.17, 15) is 14.0 Å². The summed E-state index contributed by atoms with van der Waals surface area (Å²) in [4.78, 5) is 25.3. The number of rotatable bonds is 3. The van der Waals surface area contributed by atoms with Gasteiger partial charge in [-0.25, -0.2) is 4.39 Å². The van der Waals surface area contributed by atoms with Gasteiger partial charge in [0.25, 0.3) is 0 Å². The number of piperazine rings is 1. The number of anilines is 1. The Bertz CT molecular complexity index is 516. The van der Waals surface area contributed by atoms with Crippen molar-refractivity contribution in [1.29, 1.82) is 0 Å². The molecular weight excluding hydrogens is 247 g/mol. The Morgan fingerprint density at radius 2 is 2.16 bits per heavy atom. The third-order valence-electron chi connectivity index (χ3n) is 3.23. The molecule has 1 heterocycles. The summed E-state index contributed by atoms with van der Waals surface area (Å²) in [5, 5.41) is 2.69. The maximum absolute atomic E-state index is 13.3. The highest BCUT2D eigenvalue weighted by molar-refractivity contribution is 6.06. The topological polar surface area (TPSA) is 49.4 Å². The van der Waals surface area contributed by atoms with Crippen molar-refractivity contribution in [3.8, 4) is 0 Å². The summed E-state index contributed by atoms with van der Waals surface area (Å²) in [6, 6.07) is 3.97. The Hall–Kier alpha value is -1.91. The molecule has 102 valence electrons. The van der Waals surface area contributed by atoms with Gasteiger partial charge in [-0.1, -0.05) is 13.3 Å². The van der Waals surface area contributed by atoms with Crippen LogP contribution in [-0.2, 0) is 9.59 Å². The molecule has 0 spiro atoms. The Kier molecular flexibility index (Phi) is 3.83. The molecule has 0 aliphatic carbocycles. The number of amides is 2. The zero-order valence-electron chi connectivity index (χ0n) is 11.1. The predicted molar refractivity (Wildman–Crippen MR) is 70.3 cm³/mol. The molecule has 1 saturated heterocycles. The Morgan fingerprint density at radius 3 is 2.79 bits per heavy atom. The summed E-state index contributed by atoms with van der Waals surface area (Å²) in [6.45, 7) is 3.58. The lowest BCUT2D eigenvalue weighted by molar-refractivity contribution is -0.131. The highest BCUT2D eigenvalue weighted by atomic mass is 19.1. The van der Waals surface area contributed by atoms with E-state index in [1.165, 1.54) is 17.0 Å². The second kappa shape index (κ2) is 5.38. The first kappa shape index (κ1) is 13.5. The van der Waals surface area contributed by atoms with Gasteiger partial charge in [-0.15, -0.1) is 0 Å². The molecule has 2 amide bonds. The lowest BCUT2D eigenvalue weighted by Gasteiger charge is -2.32. The summed E-state index contributed by atoms with van der Waals surface area (Å²) in [7, 11) is 0. The van der Waals surface area contributed by atoms with Gasteiger partial charge in [0.1, 0.15) is 18.4 Å². The van der Waals surface area contributed by atoms with Gasteiger partial charge in [0.15, 0.2) is 0 Å². The van der Waals surface area contributed by atoms with E-state index in [0.717, 1.165) is 6.42 Å². The summed E-state index contributed by atoms with van der Waals surface area (Å²) in [5.41, 5.74) is 1.03. The molecule has 4 nitrogen and oxygen atoms in total. The number of nitrogens with zero attached hydrogens (tertiary/aromatic N) is 1. The van der Waals surface area contributed by atoms with Gasteiger partial charge >= 0.3 is 0 Å². The molecule has 19 heavy (non-hydrogen) atoms. The fourth-order valence-electron chi connectivity index (χ4n) is 2.21. The second-order valence-corrected chi connectivity index (χ2v) is 4.77. The number of carbonyl (C=O) groups excluding carboxylic acids is 2. The molecule has 0 aromatic heterocycles. The van der Waals surface area contributed by atoms with Gasteiger partial charge in [-0.2, -0.15) is 0 Å². The normalized spacial score (nSPS) is 19.5. The van der Waals surface area contributed by atoms with Crippen LogP contribution in [0.15, 0.2) is 18.2 Å². The van der Waals surface area contributed by atoms with Crippen molar-refractivity contribution in [2.75, 3.05) is 11.4 Å². The Labute approximate surface area is 111 Å². The third-order valence-corrected chi connectivity index (χ3v) is 3.23. The standard InChI is InChI=1S/C14H17FN2O2/c1-3-4-12-14(19)17(8-13(18)16-12)10-5-6-11(15)9(2)7-10/h5-7,12H,3-4,8H2,1-2H3,(H,16,18). The second-order valence-electron chi connectivity index (χ2n) is 4.77. The van der Waals surface area contributed by atoms with Crippen LogP contribution < -0.4 is 10.2 Å². The van der Waals surface area contributed by atoms with Crippen molar-refractivity contribution < 1.29 is 14.0 Å². The molecular formula is C14H17FN2O2. The molecule has 1 atom stereocenters. The maximum Gasteiger partial charge on any atom is 0.250 e. The van der Waals surface area contributed by atoms with Crippen LogP contribution in [0, 0.1) is 12.7 Å². The predicted octanol–water partition coefficient (Wildman–Crippen LogP) is 1.77. The number of carbonyl (C=O) groups is 2. The first-order valence-electron chi connectivity index (χ1n) is 6.39. The van der Waals surface area contributed by atoms with E-state index in [0.29, 0.717) is 17.7 Å². The molecule has 1 fully saturated rings. The van der Waals surface area contributed by atoms with Crippen molar-refractivity contribution in [2.24, 2.45) is 0 Å². The molecule has 0 saturated carbocycles. The van der Waals surface area contributed by atoms with Crippen LogP contribution in [0.2, 0.25) is 0 Å². The van der Waals surface area contributed by atoms with E-state index in [1.807, 2.05) is 6.92 Å². The average molecular weight is 264 g/mol. The Balaban J connectivity index is 2.28. The highest BCUT2D eigenvalue weighted by Crippen LogP contribution is 2.21. The number of hydrogen-bond donors (Lipinski definition) is 1. The van der Waals surface area contributed by atoms with E-state index in [4.69, 9.17) is 0 Å².